The molecule has 0 radical (unpaired) electrons. The lowest BCUT2D eigenvalue weighted by Crippen LogP contribution is -2.19. The van der Waals surface area contributed by atoms with E-state index in [1.807, 2.05) is 0 Å². The van der Waals surface area contributed by atoms with Crippen LogP contribution in [0.5, 0.6) is 0 Å². The van der Waals surface area contributed by atoms with Crippen LogP contribution in [0.3, 0.4) is 0 Å². The second-order valence-corrected chi connectivity index (χ2v) is 16.0. The number of benzene rings is 9. The van der Waals surface area contributed by atoms with Crippen LogP contribution in [-0.2, 0) is 12.8 Å². The summed E-state index contributed by atoms with van der Waals surface area (Å²) in [7, 11) is 0. The first-order valence-electron chi connectivity index (χ1n) is 20.8. The maximum Gasteiger partial charge on any atom is 0.0588 e. The highest BCUT2D eigenvalue weighted by atomic mass is 15.2. The molecule has 0 heterocycles. The van der Waals surface area contributed by atoms with E-state index in [9.17, 15) is 0 Å². The summed E-state index contributed by atoms with van der Waals surface area (Å²) < 4.78 is 0. The minimum Gasteiger partial charge on any atom is -0.308 e. The van der Waals surface area contributed by atoms with Gasteiger partial charge in [-0.05, 0) is 103 Å². The van der Waals surface area contributed by atoms with Crippen molar-refractivity contribution in [1.29, 1.82) is 0 Å². The van der Waals surface area contributed by atoms with Crippen LogP contribution in [0.15, 0.2) is 200 Å². The zero-order valence-corrected chi connectivity index (χ0v) is 33.4. The molecule has 2 aliphatic rings. The monoisotopic (exact) mass is 753 g/mol. The molecule has 1 nitrogen and oxygen atoms in total. The van der Waals surface area contributed by atoms with E-state index < -0.39 is 0 Å². The summed E-state index contributed by atoms with van der Waals surface area (Å²) in [5, 5.41) is 0. The number of rotatable bonds is 7. The number of hydrogen-bond acceptors (Lipinski definition) is 1. The van der Waals surface area contributed by atoms with Gasteiger partial charge >= 0.3 is 0 Å². The van der Waals surface area contributed by atoms with Crippen LogP contribution >= 0.6 is 0 Å². The highest BCUT2D eigenvalue weighted by molar-refractivity contribution is 6.13. The van der Waals surface area contributed by atoms with Crippen molar-refractivity contribution < 1.29 is 0 Å². The number of aryl methyl sites for hydroxylation is 1. The average molecular weight is 754 g/mol. The summed E-state index contributed by atoms with van der Waals surface area (Å²) in [6.45, 7) is 4.65. The molecule has 280 valence electrons. The maximum atomic E-state index is 2.71. The van der Waals surface area contributed by atoms with E-state index in [2.05, 4.69) is 219 Å². The van der Waals surface area contributed by atoms with E-state index in [0.717, 1.165) is 12.8 Å². The first-order valence-corrected chi connectivity index (χ1v) is 20.8. The van der Waals surface area contributed by atoms with Gasteiger partial charge in [0.05, 0.1) is 17.1 Å². The molecular weight excluding hydrogens is 711 g/mol. The second-order valence-electron chi connectivity index (χ2n) is 16.0. The van der Waals surface area contributed by atoms with Crippen molar-refractivity contribution in [3.05, 3.63) is 234 Å². The van der Waals surface area contributed by atoms with E-state index in [4.69, 9.17) is 0 Å². The van der Waals surface area contributed by atoms with Crippen molar-refractivity contribution in [2.24, 2.45) is 0 Å². The first kappa shape index (κ1) is 35.0. The van der Waals surface area contributed by atoms with Crippen molar-refractivity contribution in [2.75, 3.05) is 4.90 Å². The lowest BCUT2D eigenvalue weighted by molar-refractivity contribution is 1.14. The zero-order valence-electron chi connectivity index (χ0n) is 33.4. The van der Waals surface area contributed by atoms with Crippen molar-refractivity contribution >= 4 is 17.1 Å². The second kappa shape index (κ2) is 14.3. The Kier molecular flexibility index (Phi) is 8.48. The molecule has 0 saturated carbocycles. The van der Waals surface area contributed by atoms with Gasteiger partial charge in [0.15, 0.2) is 0 Å². The fraction of sp³-hybridized carbons (Fsp3) is 0.0690. The molecule has 1 heteroatoms. The van der Waals surface area contributed by atoms with Crippen LogP contribution in [0.4, 0.5) is 17.1 Å². The third-order valence-corrected chi connectivity index (χ3v) is 12.7. The number of hydrogen-bond donors (Lipinski definition) is 0. The molecule has 9 aromatic carbocycles. The molecule has 2 aliphatic carbocycles. The molecule has 0 aromatic heterocycles. The molecule has 0 atom stereocenters. The van der Waals surface area contributed by atoms with Crippen molar-refractivity contribution in [3.63, 3.8) is 0 Å². The van der Waals surface area contributed by atoms with Gasteiger partial charge in [-0.15, -0.1) is 0 Å². The third kappa shape index (κ3) is 5.69. The Morgan fingerprint density at radius 2 is 0.780 bits per heavy atom. The molecule has 0 saturated heterocycles. The van der Waals surface area contributed by atoms with E-state index in [0.29, 0.717) is 0 Å². The van der Waals surface area contributed by atoms with Crippen LogP contribution in [-0.4, -0.2) is 0 Å². The van der Waals surface area contributed by atoms with Gasteiger partial charge in [-0.2, -0.15) is 0 Å². The fourth-order valence-corrected chi connectivity index (χ4v) is 9.97. The Morgan fingerprint density at radius 3 is 1.39 bits per heavy atom. The Bertz CT molecular complexity index is 3040. The van der Waals surface area contributed by atoms with Gasteiger partial charge in [-0.3, -0.25) is 0 Å². The summed E-state index contributed by atoms with van der Waals surface area (Å²) in [5.74, 6) is 0. The molecule has 0 amide bonds. The van der Waals surface area contributed by atoms with Crippen LogP contribution in [0.25, 0.3) is 66.8 Å². The molecule has 59 heavy (non-hydrogen) atoms. The maximum absolute atomic E-state index is 2.71. The summed E-state index contributed by atoms with van der Waals surface area (Å²) >= 11 is 0. The summed E-state index contributed by atoms with van der Waals surface area (Å²) in [5.41, 5.74) is 26.9. The third-order valence-electron chi connectivity index (χ3n) is 12.7. The molecule has 0 aliphatic heterocycles. The van der Waals surface area contributed by atoms with Gasteiger partial charge in [-0.1, -0.05) is 194 Å². The minimum absolute atomic E-state index is 0.826. The molecule has 0 N–H and O–H groups in total. The smallest absolute Gasteiger partial charge is 0.0588 e. The predicted octanol–water partition coefficient (Wildman–Crippen LogP) is 15.6. The van der Waals surface area contributed by atoms with E-state index in [-0.39, 0.29) is 0 Å². The van der Waals surface area contributed by atoms with Crippen LogP contribution in [0.1, 0.15) is 33.4 Å². The van der Waals surface area contributed by atoms with E-state index >= 15 is 0 Å². The van der Waals surface area contributed by atoms with Crippen molar-refractivity contribution in [1.82, 2.24) is 0 Å². The topological polar surface area (TPSA) is 3.24 Å². The van der Waals surface area contributed by atoms with Crippen LogP contribution in [0.2, 0.25) is 0 Å². The summed E-state index contributed by atoms with van der Waals surface area (Å²) in [4.78, 5) is 2.71. The molecular formula is C58H43N. The minimum atomic E-state index is 0.826. The SMILES string of the molecule is Cc1cc2c(c(N(c3ccccc3-c3ccccc3)c3c4c(c(-c5ccccc5)c(-c5ccccc5)c3-c3ccccc3)-c3ccccc3C4)c1C)Cc1ccccc1-2. The summed E-state index contributed by atoms with van der Waals surface area (Å²) in [6, 6.07) is 74.0. The van der Waals surface area contributed by atoms with Gasteiger partial charge in [-0.25, -0.2) is 0 Å². The average Bonchev–Trinajstić information content (AvgIpc) is 3.87. The van der Waals surface area contributed by atoms with Crippen molar-refractivity contribution in [3.8, 4) is 66.8 Å². The number of anilines is 3. The lowest BCUT2D eigenvalue weighted by atomic mass is 9.80. The molecule has 0 spiro atoms. The van der Waals surface area contributed by atoms with Gasteiger partial charge in [0.1, 0.15) is 0 Å². The quantitative estimate of drug-likeness (QED) is 0.157. The van der Waals surface area contributed by atoms with Crippen LogP contribution in [0, 0.1) is 13.8 Å². The van der Waals surface area contributed by atoms with Crippen molar-refractivity contribution in [2.45, 2.75) is 26.7 Å². The van der Waals surface area contributed by atoms with Crippen LogP contribution < -0.4 is 4.90 Å². The van der Waals surface area contributed by atoms with Gasteiger partial charge in [0, 0.05) is 29.5 Å². The Morgan fingerprint density at radius 1 is 0.339 bits per heavy atom. The van der Waals surface area contributed by atoms with Gasteiger partial charge < -0.3 is 4.90 Å². The zero-order chi connectivity index (χ0) is 39.5. The van der Waals surface area contributed by atoms with Gasteiger partial charge in [0.25, 0.3) is 0 Å². The number of para-hydroxylation sites is 1. The largest absolute Gasteiger partial charge is 0.308 e. The highest BCUT2D eigenvalue weighted by Crippen LogP contribution is 2.60. The molecule has 0 unspecified atom stereocenters. The molecule has 0 fully saturated rings. The standard InChI is InChI=1S/C58H43N/c1-38-35-49-46-31-17-15-29-44(46)36-50(49)57(39(38)2)59(52-34-20-19-32-47(52)40-21-7-3-8-22-40)58-51-37-45-30-16-18-33-48(45)56(51)54(42-25-11-5-12-26-42)53(41-23-9-4-10-24-41)55(58)43-27-13-6-14-28-43/h3-35H,36-37H2,1-2H3. The number of fused-ring (bicyclic) bond motifs is 6. The molecule has 9 aromatic rings. The fourth-order valence-electron chi connectivity index (χ4n) is 9.97. The Hall–Kier alpha value is -7.22. The molecule has 11 rings (SSSR count). The molecule has 0 bridgehead atoms. The Labute approximate surface area is 347 Å². The number of nitrogens with zero attached hydrogens (tertiary/aromatic N) is 1. The predicted molar refractivity (Wildman–Crippen MR) is 249 cm³/mol. The van der Waals surface area contributed by atoms with E-state index in [1.165, 1.54) is 117 Å². The van der Waals surface area contributed by atoms with E-state index in [1.54, 1.807) is 0 Å². The normalized spacial score (nSPS) is 12.1. The first-order chi connectivity index (χ1) is 29.2. The lowest BCUT2D eigenvalue weighted by Gasteiger charge is -2.37. The highest BCUT2D eigenvalue weighted by Gasteiger charge is 2.37. The Balaban J connectivity index is 1.38. The van der Waals surface area contributed by atoms with Gasteiger partial charge in [0.2, 0.25) is 0 Å². The summed E-state index contributed by atoms with van der Waals surface area (Å²) in [6.07, 6.45) is 1.70.